The first-order valence-corrected chi connectivity index (χ1v) is 11.0. The van der Waals surface area contributed by atoms with Crippen LogP contribution in [0.15, 0.2) is 58.5 Å². The van der Waals surface area contributed by atoms with Crippen molar-refractivity contribution in [3.05, 3.63) is 64.4 Å². The molecule has 2 N–H and O–H groups in total. The number of hydrogen-bond acceptors (Lipinski definition) is 7. The van der Waals surface area contributed by atoms with Crippen LogP contribution < -0.4 is 15.8 Å². The van der Waals surface area contributed by atoms with E-state index in [9.17, 15) is 9.59 Å². The van der Waals surface area contributed by atoms with Crippen molar-refractivity contribution < 1.29 is 9.53 Å². The summed E-state index contributed by atoms with van der Waals surface area (Å²) >= 11 is 1.13. The Morgan fingerprint density at radius 3 is 2.48 bits per heavy atom. The lowest BCUT2D eigenvalue weighted by molar-refractivity contribution is -0.113. The summed E-state index contributed by atoms with van der Waals surface area (Å²) in [5, 5.41) is 11.2. The highest BCUT2D eigenvalue weighted by molar-refractivity contribution is 7.99. The third kappa shape index (κ3) is 5.50. The monoisotopic (exact) mass is 437 g/mol. The molecule has 0 atom stereocenters. The summed E-state index contributed by atoms with van der Waals surface area (Å²) in [6.07, 6.45) is 0. The molecule has 1 saturated heterocycles. The molecule has 1 amide bonds. The number of carbonyl (C=O) groups is 1. The molecule has 0 unspecified atom stereocenters. The molecule has 3 aromatic rings. The summed E-state index contributed by atoms with van der Waals surface area (Å²) in [6, 6.07) is 15.2. The molecule has 0 saturated carbocycles. The summed E-state index contributed by atoms with van der Waals surface area (Å²) in [5.41, 5.74) is 3.56. The predicted octanol–water partition coefficient (Wildman–Crippen LogP) is 2.71. The molecule has 0 spiro atoms. The average Bonchev–Trinajstić information content (AvgIpc) is 2.80. The number of thioether (sulfide) groups is 1. The van der Waals surface area contributed by atoms with Gasteiger partial charge in [-0.3, -0.25) is 14.6 Å². The maximum absolute atomic E-state index is 12.3. The van der Waals surface area contributed by atoms with E-state index in [2.05, 4.69) is 25.4 Å². The lowest BCUT2D eigenvalue weighted by Gasteiger charge is -2.28. The number of ether oxygens (including phenoxy) is 1. The molecule has 0 radical (unpaired) electrons. The molecule has 2 heterocycles. The van der Waals surface area contributed by atoms with Crippen molar-refractivity contribution in [1.82, 2.24) is 15.2 Å². The molecule has 1 fully saturated rings. The lowest BCUT2D eigenvalue weighted by Crippen LogP contribution is -2.36. The third-order valence-electron chi connectivity index (χ3n) is 4.87. The molecular weight excluding hydrogens is 414 g/mol. The van der Waals surface area contributed by atoms with Crippen LogP contribution >= 0.6 is 11.8 Å². The zero-order chi connectivity index (χ0) is 21.6. The fraction of sp³-hybridized carbons (Fsp3) is 0.273. The van der Waals surface area contributed by atoms with Gasteiger partial charge in [-0.1, -0.05) is 41.6 Å². The van der Waals surface area contributed by atoms with E-state index in [1.165, 1.54) is 0 Å². The fourth-order valence-electron chi connectivity index (χ4n) is 3.20. The van der Waals surface area contributed by atoms with Gasteiger partial charge < -0.3 is 15.0 Å². The zero-order valence-corrected chi connectivity index (χ0v) is 17.9. The van der Waals surface area contributed by atoms with Gasteiger partial charge in [0.15, 0.2) is 10.9 Å². The number of aryl methyl sites for hydroxylation is 1. The molecule has 2 aromatic carbocycles. The summed E-state index contributed by atoms with van der Waals surface area (Å²) in [7, 11) is 0. The van der Waals surface area contributed by atoms with Crippen LogP contribution in [0.4, 0.5) is 11.4 Å². The first kappa shape index (κ1) is 21.1. The largest absolute Gasteiger partial charge is 0.378 e. The third-order valence-corrected chi connectivity index (χ3v) is 5.73. The molecule has 31 heavy (non-hydrogen) atoms. The van der Waals surface area contributed by atoms with Crippen molar-refractivity contribution >= 4 is 29.0 Å². The normalized spacial score (nSPS) is 13.8. The number of rotatable bonds is 6. The number of nitrogens with zero attached hydrogens (tertiary/aromatic N) is 3. The Morgan fingerprint density at radius 2 is 1.81 bits per heavy atom. The Balaban J connectivity index is 1.32. The van der Waals surface area contributed by atoms with Crippen molar-refractivity contribution in [3.63, 3.8) is 0 Å². The van der Waals surface area contributed by atoms with E-state index in [1.807, 2.05) is 55.5 Å². The minimum absolute atomic E-state index is 0.111. The molecule has 0 aliphatic carbocycles. The smallest absolute Gasteiger partial charge is 0.278 e. The van der Waals surface area contributed by atoms with Gasteiger partial charge in [0.25, 0.3) is 5.56 Å². The standard InChI is InChI=1S/C22H23N5O3S/c1-15-2-4-16(5-3-15)20-21(29)24-22(26-25-20)31-14-19(28)23-17-6-8-18(9-7-17)27-10-12-30-13-11-27/h2-9H,10-14H2,1H3,(H,23,28)(H,24,26,29). The van der Waals surface area contributed by atoms with Crippen molar-refractivity contribution in [2.45, 2.75) is 12.1 Å². The van der Waals surface area contributed by atoms with E-state index in [1.54, 1.807) is 0 Å². The van der Waals surface area contributed by atoms with Crippen LogP contribution in [0.3, 0.4) is 0 Å². The van der Waals surface area contributed by atoms with Crippen LogP contribution in [0.5, 0.6) is 0 Å². The molecule has 9 heteroatoms. The SMILES string of the molecule is Cc1ccc(-c2nnc(SCC(=O)Nc3ccc(N4CCOCC4)cc3)[nH]c2=O)cc1. The van der Waals surface area contributed by atoms with Crippen LogP contribution in [0, 0.1) is 6.92 Å². The Morgan fingerprint density at radius 1 is 1.10 bits per heavy atom. The second-order valence-electron chi connectivity index (χ2n) is 7.16. The van der Waals surface area contributed by atoms with Gasteiger partial charge in [0, 0.05) is 30.0 Å². The van der Waals surface area contributed by atoms with Crippen molar-refractivity contribution in [2.24, 2.45) is 0 Å². The Bertz CT molecular complexity index is 1090. The van der Waals surface area contributed by atoms with Crippen LogP contribution in [-0.2, 0) is 9.53 Å². The van der Waals surface area contributed by atoms with Crippen LogP contribution in [0.2, 0.25) is 0 Å². The number of H-pyrrole nitrogens is 1. The van der Waals surface area contributed by atoms with Gasteiger partial charge in [0.2, 0.25) is 5.91 Å². The highest BCUT2D eigenvalue weighted by Crippen LogP contribution is 2.20. The van der Waals surface area contributed by atoms with Crippen molar-refractivity contribution in [3.8, 4) is 11.3 Å². The zero-order valence-electron chi connectivity index (χ0n) is 17.1. The Hall–Kier alpha value is -3.17. The highest BCUT2D eigenvalue weighted by Gasteiger charge is 2.12. The summed E-state index contributed by atoms with van der Waals surface area (Å²) in [4.78, 5) is 29.6. The minimum Gasteiger partial charge on any atom is -0.378 e. The molecule has 4 rings (SSSR count). The van der Waals surface area contributed by atoms with E-state index in [0.29, 0.717) is 10.7 Å². The van der Waals surface area contributed by atoms with E-state index < -0.39 is 0 Å². The number of anilines is 2. The first-order chi connectivity index (χ1) is 15.1. The molecular formula is C22H23N5O3S. The van der Waals surface area contributed by atoms with Crippen molar-refractivity contribution in [2.75, 3.05) is 42.3 Å². The Labute approximate surface area is 184 Å². The predicted molar refractivity (Wildman–Crippen MR) is 122 cm³/mol. The summed E-state index contributed by atoms with van der Waals surface area (Å²) in [6.45, 7) is 5.16. The molecule has 1 aliphatic rings. The van der Waals surface area contributed by atoms with Crippen LogP contribution in [0.1, 0.15) is 5.56 Å². The molecule has 1 aromatic heterocycles. The van der Waals surface area contributed by atoms with Gasteiger partial charge in [0.1, 0.15) is 0 Å². The maximum atomic E-state index is 12.3. The van der Waals surface area contributed by atoms with Gasteiger partial charge in [-0.2, -0.15) is 0 Å². The van der Waals surface area contributed by atoms with Gasteiger partial charge in [0.05, 0.1) is 19.0 Å². The summed E-state index contributed by atoms with van der Waals surface area (Å²) < 4.78 is 5.37. The number of amides is 1. The topological polar surface area (TPSA) is 100 Å². The number of hydrogen-bond donors (Lipinski definition) is 2. The van der Waals surface area contributed by atoms with Crippen LogP contribution in [0.25, 0.3) is 11.3 Å². The van der Waals surface area contributed by atoms with Crippen LogP contribution in [-0.4, -0.2) is 53.1 Å². The quantitative estimate of drug-likeness (QED) is 0.572. The van der Waals surface area contributed by atoms with E-state index >= 15 is 0 Å². The summed E-state index contributed by atoms with van der Waals surface area (Å²) in [5.74, 6) is -0.0749. The number of carbonyl (C=O) groups excluding carboxylic acids is 1. The number of aromatic nitrogens is 3. The molecule has 8 nitrogen and oxygen atoms in total. The number of aromatic amines is 1. The fourth-order valence-corrected chi connectivity index (χ4v) is 3.80. The molecule has 160 valence electrons. The number of morpholine rings is 1. The van der Waals surface area contributed by atoms with E-state index in [-0.39, 0.29) is 22.9 Å². The van der Waals surface area contributed by atoms with Gasteiger partial charge in [-0.25, -0.2) is 0 Å². The number of benzene rings is 2. The highest BCUT2D eigenvalue weighted by atomic mass is 32.2. The second-order valence-corrected chi connectivity index (χ2v) is 8.12. The van der Waals surface area contributed by atoms with Gasteiger partial charge in [-0.15, -0.1) is 10.2 Å². The van der Waals surface area contributed by atoms with Gasteiger partial charge >= 0.3 is 0 Å². The maximum Gasteiger partial charge on any atom is 0.278 e. The molecule has 1 aliphatic heterocycles. The van der Waals surface area contributed by atoms with E-state index in [4.69, 9.17) is 4.74 Å². The average molecular weight is 438 g/mol. The Kier molecular flexibility index (Phi) is 6.63. The van der Waals surface area contributed by atoms with Crippen molar-refractivity contribution in [1.29, 1.82) is 0 Å². The number of nitrogens with one attached hydrogen (secondary N) is 2. The first-order valence-electron chi connectivity index (χ1n) is 9.98. The second kappa shape index (κ2) is 9.76. The van der Waals surface area contributed by atoms with E-state index in [0.717, 1.165) is 55.0 Å². The minimum atomic E-state index is -0.333. The molecule has 0 bridgehead atoms. The van der Waals surface area contributed by atoms with Gasteiger partial charge in [-0.05, 0) is 31.2 Å². The lowest BCUT2D eigenvalue weighted by atomic mass is 10.1.